The summed E-state index contributed by atoms with van der Waals surface area (Å²) < 4.78 is 37.7. The molecule has 1 saturated carbocycles. The van der Waals surface area contributed by atoms with E-state index in [-0.39, 0.29) is 22.4 Å². The van der Waals surface area contributed by atoms with Crippen molar-refractivity contribution in [2.75, 3.05) is 16.9 Å². The lowest BCUT2D eigenvalue weighted by Crippen LogP contribution is -2.14. The van der Waals surface area contributed by atoms with Crippen LogP contribution in [0.25, 0.3) is 11.2 Å². The van der Waals surface area contributed by atoms with Crippen LogP contribution in [0.3, 0.4) is 0 Å². The summed E-state index contributed by atoms with van der Waals surface area (Å²) in [6, 6.07) is 5.06. The Morgan fingerprint density at radius 3 is 2.64 bits per heavy atom. The highest BCUT2D eigenvalue weighted by molar-refractivity contribution is 7.90. The molecule has 146 valence electrons. The highest BCUT2D eigenvalue weighted by atomic mass is 32.2. The van der Waals surface area contributed by atoms with Gasteiger partial charge in [-0.1, -0.05) is 0 Å². The number of aromatic amines is 1. The summed E-state index contributed by atoms with van der Waals surface area (Å²) in [7, 11) is -3.67. The second kappa shape index (κ2) is 6.55. The number of rotatable bonds is 5. The molecule has 10 heteroatoms. The number of amides is 1. The van der Waals surface area contributed by atoms with Gasteiger partial charge in [0.15, 0.2) is 15.5 Å². The number of hydrogen-bond acceptors (Lipinski definition) is 6. The second-order valence-electron chi connectivity index (χ2n) is 6.88. The zero-order chi connectivity index (χ0) is 20.1. The third-order valence-electron chi connectivity index (χ3n) is 4.38. The van der Waals surface area contributed by atoms with Crippen molar-refractivity contribution >= 4 is 44.1 Å². The Balaban J connectivity index is 1.79. The zero-order valence-electron chi connectivity index (χ0n) is 15.2. The number of H-pyrrole nitrogens is 1. The Labute approximate surface area is 160 Å². The van der Waals surface area contributed by atoms with E-state index < -0.39 is 15.7 Å². The van der Waals surface area contributed by atoms with Gasteiger partial charge in [-0.2, -0.15) is 0 Å². The number of nitrogens with zero attached hydrogens (tertiary/aromatic N) is 2. The summed E-state index contributed by atoms with van der Waals surface area (Å²) in [5.74, 6) is 0.176. The minimum absolute atomic E-state index is 0.00587. The first-order valence-electron chi connectivity index (χ1n) is 8.65. The van der Waals surface area contributed by atoms with Crippen molar-refractivity contribution in [3.63, 3.8) is 0 Å². The van der Waals surface area contributed by atoms with Crippen LogP contribution in [-0.2, 0) is 14.6 Å². The fraction of sp³-hybridized carbons (Fsp3) is 0.278. The lowest BCUT2D eigenvalue weighted by Gasteiger charge is -2.13. The molecule has 0 aliphatic heterocycles. The highest BCUT2D eigenvalue weighted by Crippen LogP contribution is 2.33. The summed E-state index contributed by atoms with van der Waals surface area (Å²) >= 11 is 0. The predicted molar refractivity (Wildman–Crippen MR) is 103 cm³/mol. The Hall–Kier alpha value is -3.01. The van der Waals surface area contributed by atoms with Crippen molar-refractivity contribution in [3.05, 3.63) is 35.9 Å². The van der Waals surface area contributed by atoms with Crippen LogP contribution in [-0.4, -0.2) is 35.5 Å². The van der Waals surface area contributed by atoms with E-state index in [2.05, 4.69) is 25.6 Å². The minimum Gasteiger partial charge on any atom is -0.352 e. The number of anilines is 3. The predicted octanol–water partition coefficient (Wildman–Crippen LogP) is 2.90. The summed E-state index contributed by atoms with van der Waals surface area (Å²) in [5, 5.41) is 5.77. The molecular weight excluding hydrogens is 385 g/mol. The van der Waals surface area contributed by atoms with E-state index in [0.717, 1.165) is 25.2 Å². The third kappa shape index (κ3) is 3.68. The third-order valence-corrected chi connectivity index (χ3v) is 5.52. The Morgan fingerprint density at radius 2 is 1.96 bits per heavy atom. The molecule has 0 saturated heterocycles. The molecule has 1 aliphatic rings. The number of carbonyl (C=O) groups is 1. The number of imidazole rings is 1. The number of carbonyl (C=O) groups excluding carboxylic acids is 1. The van der Waals surface area contributed by atoms with Gasteiger partial charge in [0, 0.05) is 18.2 Å². The van der Waals surface area contributed by atoms with Crippen molar-refractivity contribution in [3.8, 4) is 0 Å². The van der Waals surface area contributed by atoms with E-state index in [4.69, 9.17) is 0 Å². The lowest BCUT2D eigenvalue weighted by atomic mass is 10.2. The number of fused-ring (bicyclic) bond motifs is 1. The molecule has 1 fully saturated rings. The van der Waals surface area contributed by atoms with Crippen LogP contribution in [0, 0.1) is 18.7 Å². The normalized spacial score (nSPS) is 14.2. The van der Waals surface area contributed by atoms with E-state index in [0.29, 0.717) is 28.5 Å². The quantitative estimate of drug-likeness (QED) is 0.603. The molecule has 4 rings (SSSR count). The smallest absolute Gasteiger partial charge is 0.228 e. The topological polar surface area (TPSA) is 117 Å². The van der Waals surface area contributed by atoms with E-state index in [1.807, 2.05) is 0 Å². The second-order valence-corrected chi connectivity index (χ2v) is 8.86. The fourth-order valence-electron chi connectivity index (χ4n) is 2.89. The van der Waals surface area contributed by atoms with Gasteiger partial charge in [-0.05, 0) is 38.0 Å². The van der Waals surface area contributed by atoms with Crippen LogP contribution in [0.2, 0.25) is 0 Å². The number of sulfone groups is 1. The van der Waals surface area contributed by atoms with E-state index in [9.17, 15) is 17.6 Å². The molecule has 3 aromatic rings. The Kier molecular flexibility index (Phi) is 4.30. The van der Waals surface area contributed by atoms with Gasteiger partial charge in [-0.25, -0.2) is 22.8 Å². The molecule has 8 nitrogen and oxygen atoms in total. The molecule has 0 spiro atoms. The summed E-state index contributed by atoms with van der Waals surface area (Å²) in [4.78, 5) is 23.7. The van der Waals surface area contributed by atoms with Crippen LogP contribution < -0.4 is 10.6 Å². The molecule has 0 unspecified atom stereocenters. The molecule has 28 heavy (non-hydrogen) atoms. The number of benzene rings is 1. The van der Waals surface area contributed by atoms with Gasteiger partial charge >= 0.3 is 0 Å². The van der Waals surface area contributed by atoms with Gasteiger partial charge in [0.1, 0.15) is 23.0 Å². The molecule has 1 aromatic carbocycles. The molecule has 0 bridgehead atoms. The van der Waals surface area contributed by atoms with Crippen LogP contribution in [0.5, 0.6) is 0 Å². The van der Waals surface area contributed by atoms with E-state index in [1.165, 1.54) is 12.1 Å². The van der Waals surface area contributed by atoms with Gasteiger partial charge in [0.25, 0.3) is 0 Å². The average molecular weight is 403 g/mol. The lowest BCUT2D eigenvalue weighted by molar-refractivity contribution is -0.117. The first kappa shape index (κ1) is 18.4. The molecule has 2 aromatic heterocycles. The van der Waals surface area contributed by atoms with Gasteiger partial charge in [-0.3, -0.25) is 4.79 Å². The highest BCUT2D eigenvalue weighted by Gasteiger charge is 2.30. The molecule has 2 heterocycles. The Bertz CT molecular complexity index is 1200. The average Bonchev–Trinajstić information content (AvgIpc) is 3.38. The van der Waals surface area contributed by atoms with Crippen LogP contribution in [0.4, 0.5) is 21.6 Å². The number of pyridine rings is 1. The van der Waals surface area contributed by atoms with Gasteiger partial charge in [0.2, 0.25) is 5.91 Å². The minimum atomic E-state index is -3.67. The van der Waals surface area contributed by atoms with Crippen molar-refractivity contribution in [1.82, 2.24) is 15.0 Å². The molecule has 0 radical (unpaired) electrons. The van der Waals surface area contributed by atoms with Crippen molar-refractivity contribution in [2.45, 2.75) is 24.7 Å². The number of aryl methyl sites for hydroxylation is 1. The first-order valence-corrected chi connectivity index (χ1v) is 10.5. The van der Waals surface area contributed by atoms with Crippen molar-refractivity contribution in [1.29, 1.82) is 0 Å². The summed E-state index contributed by atoms with van der Waals surface area (Å²) in [6.07, 6.45) is 2.72. The standard InChI is InChI=1S/C18H18FN5O3S/c1-9-20-16-13(22-12-6-5-11(19)7-14(12)28(2,26)27)8-15(23-17(16)21-9)24-18(25)10-3-4-10/h5-8,10H,3-4H2,1-2H3,(H3,20,21,22,23,24,25). The number of nitrogens with one attached hydrogen (secondary N) is 3. The van der Waals surface area contributed by atoms with Crippen molar-refractivity contribution in [2.24, 2.45) is 5.92 Å². The number of halogens is 1. The van der Waals surface area contributed by atoms with Gasteiger partial charge in [-0.15, -0.1) is 0 Å². The molecule has 1 amide bonds. The maximum absolute atomic E-state index is 13.6. The summed E-state index contributed by atoms with van der Waals surface area (Å²) in [6.45, 7) is 1.76. The van der Waals surface area contributed by atoms with Crippen LogP contribution >= 0.6 is 0 Å². The van der Waals surface area contributed by atoms with Gasteiger partial charge < -0.3 is 15.6 Å². The monoisotopic (exact) mass is 403 g/mol. The fourth-order valence-corrected chi connectivity index (χ4v) is 3.74. The first-order chi connectivity index (χ1) is 13.2. The summed E-state index contributed by atoms with van der Waals surface area (Å²) in [5.41, 5.74) is 1.57. The maximum Gasteiger partial charge on any atom is 0.228 e. The largest absolute Gasteiger partial charge is 0.352 e. The Morgan fingerprint density at radius 1 is 1.21 bits per heavy atom. The van der Waals surface area contributed by atoms with Crippen molar-refractivity contribution < 1.29 is 17.6 Å². The van der Waals surface area contributed by atoms with Crippen LogP contribution in [0.15, 0.2) is 29.2 Å². The van der Waals surface area contributed by atoms with Gasteiger partial charge in [0.05, 0.1) is 16.3 Å². The molecule has 3 N–H and O–H groups in total. The molecule has 1 aliphatic carbocycles. The molecule has 0 atom stereocenters. The zero-order valence-corrected chi connectivity index (χ0v) is 16.0. The number of hydrogen-bond donors (Lipinski definition) is 3. The number of aromatic nitrogens is 3. The van der Waals surface area contributed by atoms with E-state index in [1.54, 1.807) is 13.0 Å². The SMILES string of the molecule is Cc1nc2c(Nc3ccc(F)cc3S(C)(=O)=O)cc(NC(=O)C3CC3)nc2[nH]1. The van der Waals surface area contributed by atoms with Crippen LogP contribution in [0.1, 0.15) is 18.7 Å². The van der Waals surface area contributed by atoms with E-state index >= 15 is 0 Å². The molecular formula is C18H18FN5O3S. The maximum atomic E-state index is 13.6.